The highest BCUT2D eigenvalue weighted by Crippen LogP contribution is 2.49. The molecular weight excluding hydrogens is 300 g/mol. The zero-order chi connectivity index (χ0) is 16.4. The molecule has 2 aliphatic heterocycles. The molecule has 130 valence electrons. The maximum Gasteiger partial charge on any atom is 0.233 e. The zero-order valence-electron chi connectivity index (χ0n) is 14.5. The smallest absolute Gasteiger partial charge is 0.233 e. The van der Waals surface area contributed by atoms with Crippen LogP contribution in [0.25, 0.3) is 0 Å². The highest BCUT2D eigenvalue weighted by molar-refractivity contribution is 5.91. The highest BCUT2D eigenvalue weighted by atomic mass is 16.5. The molecule has 1 aromatic carbocycles. The third kappa shape index (κ3) is 3.22. The predicted molar refractivity (Wildman–Crippen MR) is 93.9 cm³/mol. The number of hydrogen-bond donors (Lipinski definition) is 0. The van der Waals surface area contributed by atoms with E-state index >= 15 is 0 Å². The Morgan fingerprint density at radius 1 is 1.12 bits per heavy atom. The largest absolute Gasteiger partial charge is 0.379 e. The first-order valence-corrected chi connectivity index (χ1v) is 9.43. The molecule has 0 N–H and O–H groups in total. The van der Waals surface area contributed by atoms with Crippen LogP contribution in [0.15, 0.2) is 30.3 Å². The second-order valence-electron chi connectivity index (χ2n) is 7.62. The van der Waals surface area contributed by atoms with Gasteiger partial charge in [-0.15, -0.1) is 0 Å². The number of nitrogens with zero attached hydrogens (tertiary/aromatic N) is 2. The molecule has 1 aromatic rings. The third-order valence-electron chi connectivity index (χ3n) is 5.91. The Hall–Kier alpha value is -1.39. The molecule has 0 aromatic heterocycles. The van der Waals surface area contributed by atoms with Crippen LogP contribution in [0.3, 0.4) is 0 Å². The van der Waals surface area contributed by atoms with Crippen LogP contribution >= 0.6 is 0 Å². The second-order valence-corrected chi connectivity index (χ2v) is 7.62. The molecule has 1 aliphatic carbocycles. The van der Waals surface area contributed by atoms with Crippen LogP contribution in [-0.4, -0.2) is 61.6 Å². The lowest BCUT2D eigenvalue weighted by atomic mass is 9.91. The van der Waals surface area contributed by atoms with E-state index in [9.17, 15) is 4.79 Å². The third-order valence-corrected chi connectivity index (χ3v) is 5.91. The molecule has 2 heterocycles. The van der Waals surface area contributed by atoms with Gasteiger partial charge in [0, 0.05) is 32.7 Å². The van der Waals surface area contributed by atoms with Gasteiger partial charge in [-0.05, 0) is 37.2 Å². The first kappa shape index (κ1) is 16.1. The number of benzene rings is 1. The van der Waals surface area contributed by atoms with Gasteiger partial charge < -0.3 is 9.64 Å². The molecular formula is C20H28N2O2. The summed E-state index contributed by atoms with van der Waals surface area (Å²) in [6.45, 7) is 6.78. The minimum atomic E-state index is -0.206. The summed E-state index contributed by atoms with van der Waals surface area (Å²) in [5, 5.41) is 0. The predicted octanol–water partition coefficient (Wildman–Crippen LogP) is 2.29. The fourth-order valence-corrected chi connectivity index (χ4v) is 4.36. The van der Waals surface area contributed by atoms with Crippen molar-refractivity contribution in [1.29, 1.82) is 0 Å². The molecule has 3 fully saturated rings. The number of piperidine rings is 1. The molecule has 0 unspecified atom stereocenters. The maximum absolute atomic E-state index is 13.2. The van der Waals surface area contributed by atoms with Crippen LogP contribution in [0, 0.1) is 5.92 Å². The van der Waals surface area contributed by atoms with Gasteiger partial charge in [-0.2, -0.15) is 0 Å². The fraction of sp³-hybridized carbons (Fsp3) is 0.650. The molecule has 4 nitrogen and oxygen atoms in total. The molecule has 1 atom stereocenters. The van der Waals surface area contributed by atoms with E-state index in [4.69, 9.17) is 4.74 Å². The summed E-state index contributed by atoms with van der Waals surface area (Å²) in [5.74, 6) is 0.993. The van der Waals surface area contributed by atoms with Gasteiger partial charge in [-0.3, -0.25) is 9.69 Å². The van der Waals surface area contributed by atoms with Gasteiger partial charge in [0.05, 0.1) is 18.6 Å². The molecule has 0 radical (unpaired) electrons. The molecule has 1 saturated carbocycles. The van der Waals surface area contributed by atoms with Crippen LogP contribution in [0.2, 0.25) is 0 Å². The topological polar surface area (TPSA) is 32.8 Å². The molecule has 4 rings (SSSR count). The monoisotopic (exact) mass is 328 g/mol. The van der Waals surface area contributed by atoms with Gasteiger partial charge in [0.2, 0.25) is 5.91 Å². The Balaban J connectivity index is 1.39. The van der Waals surface area contributed by atoms with Crippen LogP contribution in [0.4, 0.5) is 0 Å². The van der Waals surface area contributed by atoms with Gasteiger partial charge in [0.25, 0.3) is 0 Å². The molecule has 4 heteroatoms. The lowest BCUT2D eigenvalue weighted by Gasteiger charge is -2.38. The summed E-state index contributed by atoms with van der Waals surface area (Å²) in [6, 6.07) is 10.4. The summed E-state index contributed by atoms with van der Waals surface area (Å²) in [4.78, 5) is 17.9. The van der Waals surface area contributed by atoms with Crippen molar-refractivity contribution < 1.29 is 9.53 Å². The number of hydrogen-bond acceptors (Lipinski definition) is 3. The number of ether oxygens (including phenoxy) is 1. The van der Waals surface area contributed by atoms with Crippen molar-refractivity contribution in [1.82, 2.24) is 9.80 Å². The van der Waals surface area contributed by atoms with Gasteiger partial charge in [-0.25, -0.2) is 0 Å². The first-order chi connectivity index (χ1) is 11.8. The van der Waals surface area contributed by atoms with Gasteiger partial charge >= 0.3 is 0 Å². The standard InChI is InChI=1S/C20H28N2O2/c23-19(20(8-9-20)18-6-2-1-3-7-18)22-10-4-5-17(16-22)15-21-11-13-24-14-12-21/h1-3,6-7,17H,4-5,8-16H2/t17-/m1/s1. The van der Waals surface area contributed by atoms with Crippen molar-refractivity contribution in [2.75, 3.05) is 45.9 Å². The van der Waals surface area contributed by atoms with Crippen molar-refractivity contribution in [3.8, 4) is 0 Å². The van der Waals surface area contributed by atoms with Crippen molar-refractivity contribution >= 4 is 5.91 Å². The van der Waals surface area contributed by atoms with Crippen molar-refractivity contribution in [2.45, 2.75) is 31.1 Å². The number of carbonyl (C=O) groups excluding carboxylic acids is 1. The number of likely N-dealkylation sites (tertiary alicyclic amines) is 1. The number of rotatable bonds is 4. The van der Waals surface area contributed by atoms with Crippen molar-refractivity contribution in [2.24, 2.45) is 5.92 Å². The minimum absolute atomic E-state index is 0.206. The van der Waals surface area contributed by atoms with Crippen molar-refractivity contribution in [3.05, 3.63) is 35.9 Å². The van der Waals surface area contributed by atoms with Gasteiger partial charge in [0.1, 0.15) is 0 Å². The Morgan fingerprint density at radius 3 is 2.58 bits per heavy atom. The lowest BCUT2D eigenvalue weighted by Crippen LogP contribution is -2.48. The average molecular weight is 328 g/mol. The Bertz CT molecular complexity index is 564. The molecule has 0 spiro atoms. The Kier molecular flexibility index (Phi) is 4.59. The first-order valence-electron chi connectivity index (χ1n) is 9.43. The Labute approximate surface area is 144 Å². The minimum Gasteiger partial charge on any atom is -0.379 e. The van der Waals surface area contributed by atoms with Crippen LogP contribution in [0.5, 0.6) is 0 Å². The molecule has 1 amide bonds. The summed E-state index contributed by atoms with van der Waals surface area (Å²) >= 11 is 0. The highest BCUT2D eigenvalue weighted by Gasteiger charge is 2.53. The van der Waals surface area contributed by atoms with Crippen LogP contribution in [0.1, 0.15) is 31.2 Å². The molecule has 0 bridgehead atoms. The number of amides is 1. The number of morpholine rings is 1. The summed E-state index contributed by atoms with van der Waals surface area (Å²) in [6.07, 6.45) is 4.42. The quantitative estimate of drug-likeness (QED) is 0.850. The maximum atomic E-state index is 13.2. The van der Waals surface area contributed by atoms with E-state index in [1.165, 1.54) is 12.0 Å². The van der Waals surface area contributed by atoms with Crippen molar-refractivity contribution in [3.63, 3.8) is 0 Å². The Morgan fingerprint density at radius 2 is 1.88 bits per heavy atom. The fourth-order valence-electron chi connectivity index (χ4n) is 4.36. The zero-order valence-corrected chi connectivity index (χ0v) is 14.5. The second kappa shape index (κ2) is 6.85. The van der Waals surface area contributed by atoms with Crippen LogP contribution < -0.4 is 0 Å². The average Bonchev–Trinajstić information content (AvgIpc) is 3.45. The van der Waals surface area contributed by atoms with E-state index in [0.717, 1.165) is 65.2 Å². The SMILES string of the molecule is O=C(N1CCC[C@H](CN2CCOCC2)C1)C1(c2ccccc2)CC1. The van der Waals surface area contributed by atoms with Crippen LogP contribution in [-0.2, 0) is 14.9 Å². The van der Waals surface area contributed by atoms with E-state index in [0.29, 0.717) is 11.8 Å². The number of carbonyl (C=O) groups is 1. The summed E-state index contributed by atoms with van der Waals surface area (Å²) < 4.78 is 5.44. The summed E-state index contributed by atoms with van der Waals surface area (Å²) in [7, 11) is 0. The van der Waals surface area contributed by atoms with E-state index in [1.54, 1.807) is 0 Å². The van der Waals surface area contributed by atoms with Gasteiger partial charge in [-0.1, -0.05) is 30.3 Å². The molecule has 2 saturated heterocycles. The molecule has 24 heavy (non-hydrogen) atoms. The van der Waals surface area contributed by atoms with E-state index in [2.05, 4.69) is 34.1 Å². The molecule has 3 aliphatic rings. The van der Waals surface area contributed by atoms with E-state index < -0.39 is 0 Å². The van der Waals surface area contributed by atoms with E-state index in [-0.39, 0.29) is 5.41 Å². The summed E-state index contributed by atoms with van der Waals surface area (Å²) in [5.41, 5.74) is 1.01. The van der Waals surface area contributed by atoms with E-state index in [1.807, 2.05) is 6.07 Å². The lowest BCUT2D eigenvalue weighted by molar-refractivity contribution is -0.136. The van der Waals surface area contributed by atoms with Gasteiger partial charge in [0.15, 0.2) is 0 Å². The normalized spacial score (nSPS) is 27.0.